The molecule has 0 unspecified atom stereocenters. The van der Waals surface area contributed by atoms with Crippen molar-refractivity contribution in [1.29, 1.82) is 0 Å². The molecule has 0 aromatic rings. The quantitative estimate of drug-likeness (QED) is 0.159. The Morgan fingerprint density at radius 1 is 0.865 bits per heavy atom. The minimum Gasteiger partial charge on any atom is -0.461 e. The Morgan fingerprint density at radius 2 is 1.46 bits per heavy atom. The van der Waals surface area contributed by atoms with Gasteiger partial charge in [-0.2, -0.15) is 0 Å². The molecule has 13 nitrogen and oxygen atoms in total. The van der Waals surface area contributed by atoms with Crippen molar-refractivity contribution in [3.05, 3.63) is 0 Å². The van der Waals surface area contributed by atoms with Crippen LogP contribution in [0.4, 0.5) is 0 Å². The molecule has 4 aliphatic carbocycles. The minimum atomic E-state index is -1.21. The summed E-state index contributed by atoms with van der Waals surface area (Å²) >= 11 is 0. The largest absolute Gasteiger partial charge is 0.461 e. The van der Waals surface area contributed by atoms with Gasteiger partial charge in [-0.3, -0.25) is 24.0 Å². The maximum Gasteiger partial charge on any atom is 0.328 e. The van der Waals surface area contributed by atoms with E-state index in [1.165, 1.54) is 19.3 Å². The molecule has 0 spiro atoms. The monoisotopic (exact) mass is 730 g/mol. The second-order valence-electron chi connectivity index (χ2n) is 18.0. The minimum absolute atomic E-state index is 0.00830. The highest BCUT2D eigenvalue weighted by Gasteiger charge is 2.57. The maximum atomic E-state index is 14.3. The average molecular weight is 731 g/mol. The first-order valence-electron chi connectivity index (χ1n) is 19.6. The Hall–Kier alpha value is -3.22. The summed E-state index contributed by atoms with van der Waals surface area (Å²) in [6.07, 6.45) is 7.53. The van der Waals surface area contributed by atoms with Crippen LogP contribution in [-0.2, 0) is 43.0 Å². The van der Waals surface area contributed by atoms with E-state index in [4.69, 9.17) is 14.2 Å². The van der Waals surface area contributed by atoms with Gasteiger partial charge in [-0.1, -0.05) is 27.7 Å². The molecular formula is C39H62N4O9. The number of nitrogens with one attached hydrogen (secondary N) is 3. The van der Waals surface area contributed by atoms with Crippen LogP contribution in [-0.4, -0.2) is 96.1 Å². The van der Waals surface area contributed by atoms with Gasteiger partial charge in [0.1, 0.15) is 42.5 Å². The van der Waals surface area contributed by atoms with Crippen molar-refractivity contribution in [2.45, 2.75) is 155 Å². The van der Waals surface area contributed by atoms with E-state index in [1.54, 1.807) is 39.5 Å². The zero-order valence-corrected chi connectivity index (χ0v) is 32.3. The van der Waals surface area contributed by atoms with Crippen molar-refractivity contribution in [3.8, 4) is 0 Å². The zero-order valence-electron chi connectivity index (χ0n) is 32.3. The van der Waals surface area contributed by atoms with E-state index < -0.39 is 53.5 Å². The van der Waals surface area contributed by atoms with Gasteiger partial charge in [0.05, 0.1) is 12.0 Å². The smallest absolute Gasteiger partial charge is 0.328 e. The Labute approximate surface area is 308 Å². The molecule has 0 aromatic heterocycles. The molecule has 2 heterocycles. The molecule has 6 fully saturated rings. The second-order valence-corrected chi connectivity index (χ2v) is 18.0. The number of esters is 2. The number of nitrogens with zero attached hydrogens (tertiary/aromatic N) is 1. The Morgan fingerprint density at radius 3 is 2.00 bits per heavy atom. The number of amides is 4. The summed E-state index contributed by atoms with van der Waals surface area (Å²) in [6.45, 7) is 13.7. The normalized spacial score (nSPS) is 29.3. The van der Waals surface area contributed by atoms with Gasteiger partial charge in [-0.25, -0.2) is 4.79 Å². The number of carbonyl (C=O) groups is 6. The van der Waals surface area contributed by atoms with Crippen LogP contribution in [0, 0.1) is 35.0 Å². The number of hydrogen-bond acceptors (Lipinski definition) is 9. The second kappa shape index (κ2) is 16.4. The van der Waals surface area contributed by atoms with Crippen LogP contribution in [0.1, 0.15) is 119 Å². The van der Waals surface area contributed by atoms with Crippen LogP contribution >= 0.6 is 0 Å². The average Bonchev–Trinajstić information content (AvgIpc) is 3.74. The van der Waals surface area contributed by atoms with E-state index in [1.807, 2.05) is 13.8 Å². The van der Waals surface area contributed by atoms with Crippen molar-refractivity contribution in [2.24, 2.45) is 35.0 Å². The first-order valence-corrected chi connectivity index (χ1v) is 19.6. The number of likely N-dealkylation sites (tertiary alicyclic amines) is 1. The molecule has 0 radical (unpaired) electrons. The first-order chi connectivity index (χ1) is 24.4. The topological polar surface area (TPSA) is 173 Å². The molecule has 5 atom stereocenters. The third-order valence-corrected chi connectivity index (χ3v) is 11.4. The van der Waals surface area contributed by atoms with Crippen LogP contribution in [0.25, 0.3) is 0 Å². The highest BCUT2D eigenvalue weighted by atomic mass is 16.6. The van der Waals surface area contributed by atoms with Crippen LogP contribution in [0.15, 0.2) is 0 Å². The number of rotatable bonds is 16. The Balaban J connectivity index is 1.27. The lowest BCUT2D eigenvalue weighted by Gasteiger charge is -2.56. The van der Waals surface area contributed by atoms with Crippen LogP contribution in [0.5, 0.6) is 0 Å². The summed E-state index contributed by atoms with van der Waals surface area (Å²) in [5.74, 6) is -1.19. The number of ether oxygens (including phenoxy) is 3. The fourth-order valence-corrected chi connectivity index (χ4v) is 9.31. The summed E-state index contributed by atoms with van der Waals surface area (Å²) < 4.78 is 15.9. The van der Waals surface area contributed by atoms with Gasteiger partial charge in [-0.15, -0.1) is 0 Å². The molecule has 2 aliphatic heterocycles. The third kappa shape index (κ3) is 10.3. The summed E-state index contributed by atoms with van der Waals surface area (Å²) in [7, 11) is 0. The molecule has 4 bridgehead atoms. The van der Waals surface area contributed by atoms with Crippen LogP contribution in [0.3, 0.4) is 0 Å². The Kier molecular flexibility index (Phi) is 12.6. The van der Waals surface area contributed by atoms with E-state index >= 15 is 0 Å². The molecule has 292 valence electrons. The van der Waals surface area contributed by atoms with Gasteiger partial charge >= 0.3 is 11.9 Å². The lowest BCUT2D eigenvalue weighted by Crippen LogP contribution is -2.60. The summed E-state index contributed by atoms with van der Waals surface area (Å²) in [6, 6.07) is -3.87. The predicted octanol–water partition coefficient (Wildman–Crippen LogP) is 3.41. The van der Waals surface area contributed by atoms with Gasteiger partial charge in [0.25, 0.3) is 0 Å². The molecule has 0 aromatic carbocycles. The van der Waals surface area contributed by atoms with Crippen LogP contribution in [0.2, 0.25) is 0 Å². The maximum absolute atomic E-state index is 14.3. The van der Waals surface area contributed by atoms with Crippen molar-refractivity contribution in [3.63, 3.8) is 0 Å². The molecule has 2 saturated heterocycles. The van der Waals surface area contributed by atoms with Gasteiger partial charge < -0.3 is 35.1 Å². The summed E-state index contributed by atoms with van der Waals surface area (Å²) in [5.41, 5.74) is -1.11. The summed E-state index contributed by atoms with van der Waals surface area (Å²) in [5, 5.41) is 8.44. The molecule has 13 heteroatoms. The Bertz CT molecular complexity index is 1320. The van der Waals surface area contributed by atoms with Crippen molar-refractivity contribution in [1.82, 2.24) is 20.9 Å². The van der Waals surface area contributed by atoms with E-state index in [0.717, 1.165) is 25.7 Å². The van der Waals surface area contributed by atoms with Gasteiger partial charge in [0, 0.05) is 13.0 Å². The highest BCUT2D eigenvalue weighted by Crippen LogP contribution is 2.60. The van der Waals surface area contributed by atoms with Gasteiger partial charge in [0.2, 0.25) is 23.6 Å². The molecule has 6 aliphatic rings. The molecule has 6 rings (SSSR count). The molecular weight excluding hydrogens is 668 g/mol. The van der Waals surface area contributed by atoms with Crippen molar-refractivity contribution >= 4 is 35.6 Å². The SMILES string of the molecule is CC(C)C[C@H](NC(=O)[C@@H]1CCCN1C(=O)C12CC3CC(CC(C3)C1)C2)C(=O)N[C@@H](CCC(=O)OC(C)(C)C)C(=O)N[C@H](C(=O)OC[C@@H]1CO1)C(C)C. The van der Waals surface area contributed by atoms with Crippen molar-refractivity contribution in [2.75, 3.05) is 19.8 Å². The highest BCUT2D eigenvalue weighted by molar-refractivity contribution is 5.96. The van der Waals surface area contributed by atoms with E-state index in [2.05, 4.69) is 16.0 Å². The summed E-state index contributed by atoms with van der Waals surface area (Å²) in [4.78, 5) is 83.4. The number of epoxide rings is 1. The first kappa shape index (κ1) is 40.0. The molecule has 4 amide bonds. The van der Waals surface area contributed by atoms with E-state index in [-0.39, 0.29) is 61.0 Å². The van der Waals surface area contributed by atoms with E-state index in [0.29, 0.717) is 37.3 Å². The lowest BCUT2D eigenvalue weighted by molar-refractivity contribution is -0.160. The van der Waals surface area contributed by atoms with Gasteiger partial charge in [0.15, 0.2) is 0 Å². The lowest BCUT2D eigenvalue weighted by atomic mass is 9.49. The number of hydrogen-bond donors (Lipinski definition) is 3. The standard InChI is InChI=1S/C39H62N4O9/c1-22(2)13-29(41-35(47)30-9-8-12-43(30)37(49)39-17-24-14-25(18-39)16-26(15-24)19-39)34(46)40-28(10-11-31(44)52-38(5,6)7)33(45)42-32(23(3)4)36(48)51-21-27-20-50-27/h22-30,32H,8-21H2,1-7H3,(H,40,46)(H,41,47)(H,42,45)/t24?,25?,26?,27-,28-,29-,30-,32-,39?/m0/s1. The third-order valence-electron chi connectivity index (χ3n) is 11.4. The molecule has 3 N–H and O–H groups in total. The fourth-order valence-electron chi connectivity index (χ4n) is 9.31. The van der Waals surface area contributed by atoms with Gasteiger partial charge in [-0.05, 0) is 115 Å². The number of carbonyl (C=O) groups excluding carboxylic acids is 6. The molecule has 52 heavy (non-hydrogen) atoms. The molecule has 4 saturated carbocycles. The fraction of sp³-hybridized carbons (Fsp3) is 0.846. The van der Waals surface area contributed by atoms with Crippen molar-refractivity contribution < 1.29 is 43.0 Å². The predicted molar refractivity (Wildman–Crippen MR) is 191 cm³/mol. The zero-order chi connectivity index (χ0) is 38.0. The van der Waals surface area contributed by atoms with E-state index in [9.17, 15) is 28.8 Å². The van der Waals surface area contributed by atoms with Crippen LogP contribution < -0.4 is 16.0 Å².